The number of aromatic nitrogens is 1. The van der Waals surface area contributed by atoms with Crippen LogP contribution in [0, 0.1) is 0 Å². The molecule has 0 aliphatic carbocycles. The zero-order chi connectivity index (χ0) is 13.3. The number of ether oxygens (including phenoxy) is 1. The van der Waals surface area contributed by atoms with Crippen molar-refractivity contribution in [2.45, 2.75) is 26.4 Å². The van der Waals surface area contributed by atoms with Gasteiger partial charge >= 0.3 is 5.97 Å². The van der Waals surface area contributed by atoms with Gasteiger partial charge in [0, 0.05) is 22.7 Å². The van der Waals surface area contributed by atoms with E-state index in [1.165, 1.54) is 0 Å². The van der Waals surface area contributed by atoms with Crippen LogP contribution in [0.1, 0.15) is 41.5 Å². The van der Waals surface area contributed by atoms with E-state index in [-0.39, 0.29) is 0 Å². The summed E-state index contributed by atoms with van der Waals surface area (Å²) in [4.78, 5) is 25.7. The van der Waals surface area contributed by atoms with E-state index in [1.54, 1.807) is 24.4 Å². The van der Waals surface area contributed by atoms with Crippen molar-refractivity contribution in [2.75, 3.05) is 0 Å². The number of rotatable bonds is 2. The van der Waals surface area contributed by atoms with Crippen molar-refractivity contribution in [1.29, 1.82) is 0 Å². The average molecular weight is 245 g/mol. The number of aromatic amines is 1. The number of benzene rings is 1. The van der Waals surface area contributed by atoms with Gasteiger partial charge in [-0.3, -0.25) is 4.79 Å². The molecule has 18 heavy (non-hydrogen) atoms. The molecular weight excluding hydrogens is 230 g/mol. The molecule has 1 aromatic heterocycles. The van der Waals surface area contributed by atoms with Gasteiger partial charge in [0.15, 0.2) is 0 Å². The standard InChI is InChI=1S/C14H15NO3/c1-14(2,3)18-13(17)11-7-15-12-5-4-9(8-16)6-10(11)12/h4-8,15H,1-3H3. The molecule has 94 valence electrons. The maximum atomic E-state index is 12.0. The summed E-state index contributed by atoms with van der Waals surface area (Å²) in [5, 5.41) is 0.703. The molecule has 0 aliphatic rings. The van der Waals surface area contributed by atoms with Gasteiger partial charge in [-0.2, -0.15) is 0 Å². The smallest absolute Gasteiger partial charge is 0.340 e. The van der Waals surface area contributed by atoms with Crippen LogP contribution in [-0.4, -0.2) is 22.8 Å². The van der Waals surface area contributed by atoms with Crippen LogP contribution in [0.4, 0.5) is 0 Å². The number of H-pyrrole nitrogens is 1. The van der Waals surface area contributed by atoms with Crippen LogP contribution in [0.15, 0.2) is 24.4 Å². The molecule has 2 rings (SSSR count). The Labute approximate surface area is 105 Å². The first kappa shape index (κ1) is 12.4. The molecule has 0 fully saturated rings. The highest BCUT2D eigenvalue weighted by Gasteiger charge is 2.20. The number of carbonyl (C=O) groups is 2. The van der Waals surface area contributed by atoms with Crippen LogP contribution in [0.25, 0.3) is 10.9 Å². The van der Waals surface area contributed by atoms with Crippen molar-refractivity contribution >= 4 is 23.2 Å². The van der Waals surface area contributed by atoms with E-state index < -0.39 is 11.6 Å². The lowest BCUT2D eigenvalue weighted by atomic mass is 10.1. The first-order valence-electron chi connectivity index (χ1n) is 5.70. The fourth-order valence-electron chi connectivity index (χ4n) is 1.71. The van der Waals surface area contributed by atoms with Gasteiger partial charge in [-0.1, -0.05) is 0 Å². The van der Waals surface area contributed by atoms with E-state index in [0.717, 1.165) is 11.8 Å². The molecule has 4 nitrogen and oxygen atoms in total. The van der Waals surface area contributed by atoms with E-state index in [0.29, 0.717) is 16.5 Å². The van der Waals surface area contributed by atoms with Crippen LogP contribution < -0.4 is 0 Å². The highest BCUT2D eigenvalue weighted by Crippen LogP contribution is 2.22. The first-order valence-corrected chi connectivity index (χ1v) is 5.70. The van der Waals surface area contributed by atoms with Crippen molar-refractivity contribution in [3.8, 4) is 0 Å². The van der Waals surface area contributed by atoms with Crippen molar-refractivity contribution < 1.29 is 14.3 Å². The molecule has 4 heteroatoms. The Bertz CT molecular complexity index is 605. The largest absolute Gasteiger partial charge is 0.456 e. The number of fused-ring (bicyclic) bond motifs is 1. The van der Waals surface area contributed by atoms with Crippen LogP contribution in [0.2, 0.25) is 0 Å². The van der Waals surface area contributed by atoms with E-state index in [2.05, 4.69) is 4.98 Å². The fourth-order valence-corrected chi connectivity index (χ4v) is 1.71. The summed E-state index contributed by atoms with van der Waals surface area (Å²) in [6, 6.07) is 5.15. The third-order valence-electron chi connectivity index (χ3n) is 2.46. The molecule has 1 heterocycles. The second kappa shape index (κ2) is 4.29. The highest BCUT2D eigenvalue weighted by atomic mass is 16.6. The summed E-state index contributed by atoms with van der Waals surface area (Å²) in [6.45, 7) is 5.45. The molecule has 0 amide bonds. The number of nitrogens with one attached hydrogen (secondary N) is 1. The van der Waals surface area contributed by atoms with E-state index >= 15 is 0 Å². The van der Waals surface area contributed by atoms with Crippen LogP contribution in [-0.2, 0) is 4.74 Å². The van der Waals surface area contributed by atoms with Crippen molar-refractivity contribution in [3.05, 3.63) is 35.5 Å². The lowest BCUT2D eigenvalue weighted by Crippen LogP contribution is -2.23. The minimum absolute atomic E-state index is 0.392. The molecule has 0 saturated carbocycles. The number of hydrogen-bond donors (Lipinski definition) is 1. The Morgan fingerprint density at radius 2 is 2.06 bits per heavy atom. The van der Waals surface area contributed by atoms with Gasteiger partial charge in [0.1, 0.15) is 11.9 Å². The predicted octanol–water partition coefficient (Wildman–Crippen LogP) is 2.94. The average Bonchev–Trinajstić information content (AvgIpc) is 2.69. The predicted molar refractivity (Wildman–Crippen MR) is 68.9 cm³/mol. The highest BCUT2D eigenvalue weighted by molar-refractivity contribution is 6.05. The third kappa shape index (κ3) is 2.42. The number of esters is 1. The molecular formula is C14H15NO3. The van der Waals surface area contributed by atoms with Crippen LogP contribution in [0.5, 0.6) is 0 Å². The Kier molecular flexibility index (Phi) is 2.95. The summed E-state index contributed by atoms with van der Waals surface area (Å²) in [6.07, 6.45) is 2.36. The van der Waals surface area contributed by atoms with E-state index in [4.69, 9.17) is 4.74 Å². The number of aldehydes is 1. The van der Waals surface area contributed by atoms with E-state index in [1.807, 2.05) is 20.8 Å². The topological polar surface area (TPSA) is 59.2 Å². The van der Waals surface area contributed by atoms with Crippen molar-refractivity contribution in [3.63, 3.8) is 0 Å². The molecule has 0 spiro atoms. The van der Waals surface area contributed by atoms with Gasteiger partial charge in [0.05, 0.1) is 5.56 Å². The molecule has 0 aliphatic heterocycles. The van der Waals surface area contributed by atoms with Gasteiger partial charge < -0.3 is 9.72 Å². The Morgan fingerprint density at radius 3 is 2.67 bits per heavy atom. The zero-order valence-corrected chi connectivity index (χ0v) is 10.6. The lowest BCUT2D eigenvalue weighted by Gasteiger charge is -2.19. The van der Waals surface area contributed by atoms with Gasteiger partial charge in [0.25, 0.3) is 0 Å². The van der Waals surface area contributed by atoms with Crippen molar-refractivity contribution in [2.24, 2.45) is 0 Å². The minimum Gasteiger partial charge on any atom is -0.456 e. The first-order chi connectivity index (χ1) is 8.40. The fraction of sp³-hybridized carbons (Fsp3) is 0.286. The summed E-state index contributed by atoms with van der Waals surface area (Å²) in [7, 11) is 0. The molecule has 1 aromatic carbocycles. The number of carbonyl (C=O) groups excluding carboxylic acids is 2. The van der Waals surface area contributed by atoms with E-state index in [9.17, 15) is 9.59 Å². The Balaban J connectivity index is 2.45. The van der Waals surface area contributed by atoms with Gasteiger partial charge in [-0.05, 0) is 39.0 Å². The summed E-state index contributed by atoms with van der Waals surface area (Å²) < 4.78 is 5.32. The molecule has 0 bridgehead atoms. The van der Waals surface area contributed by atoms with Gasteiger partial charge in [-0.15, -0.1) is 0 Å². The van der Waals surface area contributed by atoms with Crippen LogP contribution in [0.3, 0.4) is 0 Å². The molecule has 0 unspecified atom stereocenters. The third-order valence-corrected chi connectivity index (χ3v) is 2.46. The Morgan fingerprint density at radius 1 is 1.33 bits per heavy atom. The molecule has 1 N–H and O–H groups in total. The Hall–Kier alpha value is -2.10. The lowest BCUT2D eigenvalue weighted by molar-refractivity contribution is 0.00718. The summed E-state index contributed by atoms with van der Waals surface area (Å²) >= 11 is 0. The maximum absolute atomic E-state index is 12.0. The number of hydrogen-bond acceptors (Lipinski definition) is 3. The molecule has 2 aromatic rings. The normalized spacial score (nSPS) is 11.5. The monoisotopic (exact) mass is 245 g/mol. The summed E-state index contributed by atoms with van der Waals surface area (Å²) in [5.41, 5.74) is 1.25. The maximum Gasteiger partial charge on any atom is 0.340 e. The second-order valence-electron chi connectivity index (χ2n) is 5.13. The molecule has 0 radical (unpaired) electrons. The second-order valence-corrected chi connectivity index (χ2v) is 5.13. The van der Waals surface area contributed by atoms with Crippen molar-refractivity contribution in [1.82, 2.24) is 4.98 Å². The van der Waals surface area contributed by atoms with Crippen LogP contribution >= 0.6 is 0 Å². The quantitative estimate of drug-likeness (QED) is 0.653. The minimum atomic E-state index is -0.539. The zero-order valence-electron chi connectivity index (χ0n) is 10.6. The summed E-state index contributed by atoms with van der Waals surface area (Å²) in [5.74, 6) is -0.392. The molecule has 0 saturated heterocycles. The molecule has 0 atom stereocenters. The SMILES string of the molecule is CC(C)(C)OC(=O)c1c[nH]c2ccc(C=O)cc12. The van der Waals surface area contributed by atoms with Gasteiger partial charge in [0.2, 0.25) is 0 Å². The van der Waals surface area contributed by atoms with Gasteiger partial charge in [-0.25, -0.2) is 4.79 Å².